The Morgan fingerprint density at radius 1 is 1.04 bits per heavy atom. The second-order valence-electron chi connectivity index (χ2n) is 16.8. The van der Waals surface area contributed by atoms with Gasteiger partial charge in [-0.1, -0.05) is 19.1 Å². The summed E-state index contributed by atoms with van der Waals surface area (Å²) in [5.41, 5.74) is 4.72. The number of amides is 3. The normalized spacial score (nSPS) is 26.4. The number of rotatable bonds is 8. The molecule has 9 rings (SSSR count). The van der Waals surface area contributed by atoms with Crippen LogP contribution in [0.4, 0.5) is 20.3 Å². The molecule has 5 aliphatic rings. The van der Waals surface area contributed by atoms with Crippen molar-refractivity contribution in [1.82, 2.24) is 35.3 Å². The third-order valence-electron chi connectivity index (χ3n) is 13.5. The van der Waals surface area contributed by atoms with E-state index in [4.69, 9.17) is 0 Å². The Kier molecular flexibility index (Phi) is 8.83. The highest BCUT2D eigenvalue weighted by Crippen LogP contribution is 2.70. The van der Waals surface area contributed by atoms with E-state index in [9.17, 15) is 23.2 Å². The first-order chi connectivity index (χ1) is 26.4. The highest BCUT2D eigenvalue weighted by Gasteiger charge is 2.78. The lowest BCUT2D eigenvalue weighted by atomic mass is 9.87. The van der Waals surface area contributed by atoms with Gasteiger partial charge in [0.1, 0.15) is 11.5 Å². The molecule has 14 heteroatoms. The summed E-state index contributed by atoms with van der Waals surface area (Å²) in [6.45, 7) is 10.1. The maximum Gasteiger partial charge on any atom is 0.258 e. The van der Waals surface area contributed by atoms with Crippen LogP contribution in [0, 0.1) is 17.3 Å². The zero-order valence-corrected chi connectivity index (χ0v) is 31.7. The average Bonchev–Trinajstić information content (AvgIpc) is 3.57. The summed E-state index contributed by atoms with van der Waals surface area (Å²) in [6, 6.07) is 11.6. The van der Waals surface area contributed by atoms with Crippen LogP contribution in [0.2, 0.25) is 0 Å². The molecule has 1 saturated carbocycles. The molecule has 3 N–H and O–H groups in total. The number of nitrogens with zero attached hydrogens (tertiary/aromatic N) is 6. The van der Waals surface area contributed by atoms with Crippen LogP contribution in [-0.2, 0) is 27.2 Å². The fourth-order valence-electron chi connectivity index (χ4n) is 9.69. The summed E-state index contributed by atoms with van der Waals surface area (Å²) in [5.74, 6) is -2.46. The molecule has 4 atom stereocenters. The predicted octanol–water partition coefficient (Wildman–Crippen LogP) is 4.73. The number of piperidine rings is 2. The smallest absolute Gasteiger partial charge is 0.258 e. The van der Waals surface area contributed by atoms with Crippen molar-refractivity contribution in [3.05, 3.63) is 59.4 Å². The van der Waals surface area contributed by atoms with E-state index in [1.54, 1.807) is 18.0 Å². The van der Waals surface area contributed by atoms with Gasteiger partial charge in [-0.3, -0.25) is 29.7 Å². The summed E-state index contributed by atoms with van der Waals surface area (Å²) in [6.07, 6.45) is 5.47. The Balaban J connectivity index is 0.752. The van der Waals surface area contributed by atoms with Crippen molar-refractivity contribution in [2.45, 2.75) is 70.3 Å². The summed E-state index contributed by atoms with van der Waals surface area (Å²) >= 11 is 0. The largest absolute Gasteiger partial charge is 0.357 e. The minimum atomic E-state index is -2.64. The van der Waals surface area contributed by atoms with Crippen molar-refractivity contribution in [1.29, 1.82) is 0 Å². The number of aromatic nitrogens is 4. The molecule has 3 amide bonds. The van der Waals surface area contributed by atoms with Crippen LogP contribution in [0.3, 0.4) is 0 Å². The molecule has 12 nitrogen and oxygen atoms in total. The van der Waals surface area contributed by atoms with Gasteiger partial charge in [-0.15, -0.1) is 0 Å². The van der Waals surface area contributed by atoms with Crippen LogP contribution in [0.5, 0.6) is 0 Å². The molecule has 1 aromatic carbocycles. The molecular formula is C41H49F2N9O3. The number of carbonyl (C=O) groups is 3. The molecule has 290 valence electrons. The zero-order valence-electron chi connectivity index (χ0n) is 31.7. The van der Waals surface area contributed by atoms with Crippen LogP contribution >= 0.6 is 0 Å². The molecular weight excluding hydrogens is 705 g/mol. The van der Waals surface area contributed by atoms with Crippen molar-refractivity contribution < 1.29 is 23.2 Å². The Morgan fingerprint density at radius 3 is 2.55 bits per heavy atom. The molecule has 55 heavy (non-hydrogen) atoms. The molecule has 3 aliphatic heterocycles. The zero-order chi connectivity index (χ0) is 38.2. The lowest BCUT2D eigenvalue weighted by Gasteiger charge is -2.41. The number of imide groups is 1. The van der Waals surface area contributed by atoms with Gasteiger partial charge in [-0.05, 0) is 68.4 Å². The number of pyridine rings is 1. The number of benzene rings is 1. The highest BCUT2D eigenvalue weighted by molar-refractivity contribution is 6.01. The number of halogens is 2. The Hall–Kier alpha value is -4.69. The molecule has 3 aromatic heterocycles. The molecule has 0 radical (unpaired) electrons. The predicted molar refractivity (Wildman–Crippen MR) is 205 cm³/mol. The second-order valence-corrected chi connectivity index (χ2v) is 16.8. The van der Waals surface area contributed by atoms with E-state index >= 15 is 0 Å². The van der Waals surface area contributed by atoms with Gasteiger partial charge in [0.05, 0.1) is 17.7 Å². The minimum Gasteiger partial charge on any atom is -0.357 e. The molecule has 3 saturated heterocycles. The standard InChI is InChI=1S/C41H49F2N9O3/c1-24(39(55)49(3)28-6-4-26-18-32(45-31(26)19-28)37-30-20-34-40(2,41(34,42)43)21-33(30)47-48-37)51-16-14-50(15-17-51)23-25-10-12-52(13-11-25)35-8-5-27(22-44-35)29-7-9-36(53)46-38(29)54/h4-6,8,18-19,22,24-25,29,34,45H,7,9-17,20-21,23H2,1-3H3,(H,47,48)(H,46,53,54)/t24?,29?,34?,40-/m1/s1. The first-order valence-electron chi connectivity index (χ1n) is 19.8. The maximum absolute atomic E-state index is 14.5. The molecule has 0 bridgehead atoms. The number of fused-ring (bicyclic) bond motifs is 3. The number of anilines is 2. The van der Waals surface area contributed by atoms with Gasteiger partial charge in [-0.2, -0.15) is 5.10 Å². The van der Waals surface area contributed by atoms with Crippen molar-refractivity contribution >= 4 is 40.1 Å². The molecule has 4 aromatic rings. The summed E-state index contributed by atoms with van der Waals surface area (Å²) in [5, 5.41) is 11.0. The average molecular weight is 754 g/mol. The topological polar surface area (TPSA) is 134 Å². The van der Waals surface area contributed by atoms with Crippen LogP contribution in [0.15, 0.2) is 42.6 Å². The minimum absolute atomic E-state index is 0.0421. The Morgan fingerprint density at radius 2 is 1.82 bits per heavy atom. The first-order valence-corrected chi connectivity index (χ1v) is 19.8. The van der Waals surface area contributed by atoms with E-state index in [1.807, 2.05) is 50.4 Å². The van der Waals surface area contributed by atoms with E-state index in [1.165, 1.54) is 0 Å². The van der Waals surface area contributed by atoms with Gasteiger partial charge in [-0.25, -0.2) is 13.8 Å². The SMILES string of the molecule is CC(C(=O)N(C)c1ccc2cc(-c3n[nH]c4c3CC3C(F)(F)[C@]3(C)C4)[nH]c2c1)N1CCN(CC2CCN(c3ccc(C4CCC(=O)NC4=O)cn3)CC2)CC1. The summed E-state index contributed by atoms with van der Waals surface area (Å²) in [7, 11) is 1.83. The maximum atomic E-state index is 14.5. The Labute approximate surface area is 319 Å². The van der Waals surface area contributed by atoms with E-state index in [-0.39, 0.29) is 29.7 Å². The number of carbonyl (C=O) groups excluding carboxylic acids is 3. The van der Waals surface area contributed by atoms with Gasteiger partial charge in [0.15, 0.2) is 0 Å². The third-order valence-corrected chi connectivity index (χ3v) is 13.5. The van der Waals surface area contributed by atoms with Gasteiger partial charge in [0.25, 0.3) is 5.92 Å². The molecule has 0 spiro atoms. The monoisotopic (exact) mass is 753 g/mol. The van der Waals surface area contributed by atoms with Crippen LogP contribution in [0.1, 0.15) is 62.3 Å². The number of hydrogen-bond acceptors (Lipinski definition) is 8. The number of H-pyrrole nitrogens is 2. The fourth-order valence-corrected chi connectivity index (χ4v) is 9.69. The molecule has 3 unspecified atom stereocenters. The number of nitrogens with one attached hydrogen (secondary N) is 3. The molecule has 2 aliphatic carbocycles. The van der Waals surface area contributed by atoms with Gasteiger partial charge in [0.2, 0.25) is 17.7 Å². The van der Waals surface area contributed by atoms with E-state index in [0.29, 0.717) is 37.3 Å². The highest BCUT2D eigenvalue weighted by atomic mass is 19.3. The van der Waals surface area contributed by atoms with Crippen molar-refractivity contribution in [2.24, 2.45) is 17.3 Å². The molecule has 6 heterocycles. The molecule has 4 fully saturated rings. The van der Waals surface area contributed by atoms with E-state index in [0.717, 1.165) is 104 Å². The van der Waals surface area contributed by atoms with Crippen molar-refractivity contribution in [3.8, 4) is 11.4 Å². The second kappa shape index (κ2) is 13.5. The number of piperazine rings is 1. The van der Waals surface area contributed by atoms with Crippen molar-refractivity contribution in [2.75, 3.05) is 62.7 Å². The number of hydrogen-bond donors (Lipinski definition) is 3. The van der Waals surface area contributed by atoms with Crippen LogP contribution < -0.4 is 15.1 Å². The Bertz CT molecular complexity index is 2130. The van der Waals surface area contributed by atoms with Crippen LogP contribution in [-0.4, -0.2) is 113 Å². The number of aromatic amines is 2. The van der Waals surface area contributed by atoms with E-state index < -0.39 is 17.3 Å². The van der Waals surface area contributed by atoms with Gasteiger partial charge in [0, 0.05) is 111 Å². The van der Waals surface area contributed by atoms with Crippen molar-refractivity contribution in [3.63, 3.8) is 0 Å². The lowest BCUT2D eigenvalue weighted by molar-refractivity contribution is -0.134. The lowest BCUT2D eigenvalue weighted by Crippen LogP contribution is -2.55. The quantitative estimate of drug-likeness (QED) is 0.220. The summed E-state index contributed by atoms with van der Waals surface area (Å²) < 4.78 is 29.0. The fraction of sp³-hybridized carbons (Fsp3) is 0.537. The van der Waals surface area contributed by atoms with E-state index in [2.05, 4.69) is 40.2 Å². The third kappa shape index (κ3) is 6.30. The van der Waals surface area contributed by atoms with Gasteiger partial charge >= 0.3 is 0 Å². The van der Waals surface area contributed by atoms with Gasteiger partial charge < -0.3 is 19.7 Å². The van der Waals surface area contributed by atoms with Crippen LogP contribution in [0.25, 0.3) is 22.3 Å². The summed E-state index contributed by atoms with van der Waals surface area (Å²) in [4.78, 5) is 54.5. The number of alkyl halides is 2. The first kappa shape index (κ1) is 36.0. The number of likely N-dealkylation sites (N-methyl/N-ethyl adjacent to an activating group) is 1.